The Kier molecular flexibility index (Phi) is 2.79. The topological polar surface area (TPSA) is 33.1 Å². The first-order valence-corrected chi connectivity index (χ1v) is 6.05. The third-order valence-electron chi connectivity index (χ3n) is 2.87. The van der Waals surface area contributed by atoms with Gasteiger partial charge in [0, 0.05) is 24.6 Å². The summed E-state index contributed by atoms with van der Waals surface area (Å²) in [5, 5.41) is 10.4. The summed E-state index contributed by atoms with van der Waals surface area (Å²) in [6, 6.07) is 3.95. The lowest BCUT2D eigenvalue weighted by atomic mass is 9.87. The maximum absolute atomic E-state index is 10.4. The SMILES string of the molecule is CC1CSCC1(O)Cc1cccnc1. The molecule has 3 heteroatoms. The molecule has 1 saturated heterocycles. The van der Waals surface area contributed by atoms with E-state index in [1.54, 1.807) is 6.20 Å². The number of thioether (sulfide) groups is 1. The van der Waals surface area contributed by atoms with Crippen LogP contribution in [0, 0.1) is 5.92 Å². The average Bonchev–Trinajstić information content (AvgIpc) is 2.48. The highest BCUT2D eigenvalue weighted by molar-refractivity contribution is 7.99. The van der Waals surface area contributed by atoms with E-state index in [9.17, 15) is 5.11 Å². The van der Waals surface area contributed by atoms with Crippen molar-refractivity contribution in [2.24, 2.45) is 5.92 Å². The number of hydrogen-bond donors (Lipinski definition) is 1. The highest BCUT2D eigenvalue weighted by Crippen LogP contribution is 2.35. The molecule has 1 aliphatic heterocycles. The van der Waals surface area contributed by atoms with E-state index >= 15 is 0 Å². The van der Waals surface area contributed by atoms with Gasteiger partial charge >= 0.3 is 0 Å². The molecule has 0 bridgehead atoms. The Morgan fingerprint density at radius 1 is 1.71 bits per heavy atom. The number of hydrogen-bond acceptors (Lipinski definition) is 3. The van der Waals surface area contributed by atoms with Crippen molar-refractivity contribution in [2.45, 2.75) is 18.9 Å². The van der Waals surface area contributed by atoms with E-state index in [0.717, 1.165) is 23.5 Å². The quantitative estimate of drug-likeness (QED) is 0.805. The van der Waals surface area contributed by atoms with Gasteiger partial charge in [-0.3, -0.25) is 4.98 Å². The van der Waals surface area contributed by atoms with Crippen LogP contribution in [0.1, 0.15) is 12.5 Å². The summed E-state index contributed by atoms with van der Waals surface area (Å²) >= 11 is 1.84. The Hall–Kier alpha value is -0.540. The molecular formula is C11H15NOS. The van der Waals surface area contributed by atoms with Crippen LogP contribution in [-0.4, -0.2) is 27.2 Å². The van der Waals surface area contributed by atoms with Gasteiger partial charge in [-0.2, -0.15) is 11.8 Å². The Morgan fingerprint density at radius 3 is 3.14 bits per heavy atom. The minimum Gasteiger partial charge on any atom is -0.388 e. The first kappa shape index (κ1) is 9.99. The van der Waals surface area contributed by atoms with Gasteiger partial charge in [-0.05, 0) is 23.3 Å². The molecule has 0 spiro atoms. The van der Waals surface area contributed by atoms with Crippen LogP contribution in [-0.2, 0) is 6.42 Å². The van der Waals surface area contributed by atoms with Crippen LogP contribution < -0.4 is 0 Å². The van der Waals surface area contributed by atoms with Crippen LogP contribution in [0.15, 0.2) is 24.5 Å². The van der Waals surface area contributed by atoms with Crippen LogP contribution in [0.25, 0.3) is 0 Å². The van der Waals surface area contributed by atoms with Crippen LogP contribution in [0.4, 0.5) is 0 Å². The molecular weight excluding hydrogens is 194 g/mol. The maximum atomic E-state index is 10.4. The predicted octanol–water partition coefficient (Wildman–Crippen LogP) is 1.74. The Bertz CT molecular complexity index is 303. The Balaban J connectivity index is 2.10. The monoisotopic (exact) mass is 209 g/mol. The molecule has 0 saturated carbocycles. The highest BCUT2D eigenvalue weighted by Gasteiger charge is 2.38. The molecule has 2 nitrogen and oxygen atoms in total. The highest BCUT2D eigenvalue weighted by atomic mass is 32.2. The molecule has 1 N–H and O–H groups in total. The van der Waals surface area contributed by atoms with E-state index in [1.165, 1.54) is 0 Å². The molecule has 0 aliphatic carbocycles. The number of aromatic nitrogens is 1. The first-order valence-electron chi connectivity index (χ1n) is 4.90. The molecule has 2 rings (SSSR count). The zero-order valence-corrected chi connectivity index (χ0v) is 9.13. The van der Waals surface area contributed by atoms with Gasteiger partial charge < -0.3 is 5.11 Å². The number of aliphatic hydroxyl groups is 1. The minimum atomic E-state index is -0.520. The predicted molar refractivity (Wildman–Crippen MR) is 59.4 cm³/mol. The Morgan fingerprint density at radius 2 is 2.57 bits per heavy atom. The molecule has 1 aromatic rings. The summed E-state index contributed by atoms with van der Waals surface area (Å²) in [5.74, 6) is 2.30. The summed E-state index contributed by atoms with van der Waals surface area (Å²) in [5.41, 5.74) is 0.609. The molecule has 0 aromatic carbocycles. The second-order valence-electron chi connectivity index (χ2n) is 4.06. The molecule has 1 aromatic heterocycles. The van der Waals surface area contributed by atoms with Crippen molar-refractivity contribution >= 4 is 11.8 Å². The van der Waals surface area contributed by atoms with Gasteiger partial charge in [0.05, 0.1) is 5.60 Å². The lowest BCUT2D eigenvalue weighted by Gasteiger charge is -2.26. The molecule has 0 amide bonds. The lowest BCUT2D eigenvalue weighted by Crippen LogP contribution is -2.37. The van der Waals surface area contributed by atoms with Crippen molar-refractivity contribution in [1.82, 2.24) is 4.98 Å². The zero-order chi connectivity index (χ0) is 10.0. The van der Waals surface area contributed by atoms with Crippen molar-refractivity contribution < 1.29 is 5.11 Å². The van der Waals surface area contributed by atoms with E-state index in [0.29, 0.717) is 5.92 Å². The van der Waals surface area contributed by atoms with Gasteiger partial charge in [0.2, 0.25) is 0 Å². The van der Waals surface area contributed by atoms with Gasteiger partial charge in [-0.15, -0.1) is 0 Å². The minimum absolute atomic E-state index is 0.382. The summed E-state index contributed by atoms with van der Waals surface area (Å²) < 4.78 is 0. The van der Waals surface area contributed by atoms with Gasteiger partial charge in [0.25, 0.3) is 0 Å². The number of rotatable bonds is 2. The summed E-state index contributed by atoms with van der Waals surface area (Å²) in [4.78, 5) is 4.06. The largest absolute Gasteiger partial charge is 0.388 e. The Labute approximate surface area is 88.8 Å². The van der Waals surface area contributed by atoms with Gasteiger partial charge in [0.15, 0.2) is 0 Å². The van der Waals surface area contributed by atoms with Crippen molar-refractivity contribution in [3.05, 3.63) is 30.1 Å². The summed E-state index contributed by atoms with van der Waals surface area (Å²) in [7, 11) is 0. The third-order valence-corrected chi connectivity index (χ3v) is 4.31. The second kappa shape index (κ2) is 3.91. The molecule has 2 heterocycles. The average molecular weight is 209 g/mol. The molecule has 76 valence electrons. The van der Waals surface area contributed by atoms with Gasteiger partial charge in [-0.1, -0.05) is 13.0 Å². The van der Waals surface area contributed by atoms with Crippen molar-refractivity contribution in [1.29, 1.82) is 0 Å². The third kappa shape index (κ3) is 1.93. The van der Waals surface area contributed by atoms with E-state index in [4.69, 9.17) is 0 Å². The van der Waals surface area contributed by atoms with Crippen LogP contribution >= 0.6 is 11.8 Å². The van der Waals surface area contributed by atoms with E-state index in [2.05, 4.69) is 11.9 Å². The van der Waals surface area contributed by atoms with Crippen molar-refractivity contribution in [3.8, 4) is 0 Å². The van der Waals surface area contributed by atoms with Crippen LogP contribution in [0.3, 0.4) is 0 Å². The second-order valence-corrected chi connectivity index (χ2v) is 5.09. The fraction of sp³-hybridized carbons (Fsp3) is 0.545. The molecule has 14 heavy (non-hydrogen) atoms. The lowest BCUT2D eigenvalue weighted by molar-refractivity contribution is 0.0278. The molecule has 2 atom stereocenters. The van der Waals surface area contributed by atoms with Crippen molar-refractivity contribution in [2.75, 3.05) is 11.5 Å². The fourth-order valence-electron chi connectivity index (χ4n) is 1.79. The fourth-order valence-corrected chi connectivity index (χ4v) is 3.31. The molecule has 0 radical (unpaired) electrons. The van der Waals surface area contributed by atoms with E-state index < -0.39 is 5.60 Å². The summed E-state index contributed by atoms with van der Waals surface area (Å²) in [6.07, 6.45) is 4.34. The van der Waals surface area contributed by atoms with Gasteiger partial charge in [-0.25, -0.2) is 0 Å². The smallest absolute Gasteiger partial charge is 0.0811 e. The van der Waals surface area contributed by atoms with Crippen LogP contribution in [0.5, 0.6) is 0 Å². The van der Waals surface area contributed by atoms with E-state index in [-0.39, 0.29) is 0 Å². The van der Waals surface area contributed by atoms with Crippen LogP contribution in [0.2, 0.25) is 0 Å². The molecule has 2 unspecified atom stereocenters. The first-order chi connectivity index (χ1) is 6.71. The number of pyridine rings is 1. The van der Waals surface area contributed by atoms with Gasteiger partial charge in [0.1, 0.15) is 0 Å². The molecule has 1 aliphatic rings. The van der Waals surface area contributed by atoms with E-state index in [1.807, 2.05) is 30.1 Å². The zero-order valence-electron chi connectivity index (χ0n) is 8.31. The van der Waals surface area contributed by atoms with Crippen molar-refractivity contribution in [3.63, 3.8) is 0 Å². The number of nitrogens with zero attached hydrogens (tertiary/aromatic N) is 1. The normalized spacial score (nSPS) is 32.0. The molecule has 1 fully saturated rings. The standard InChI is InChI=1S/C11H15NOS/c1-9-7-14-8-11(9,13)5-10-3-2-4-12-6-10/h2-4,6,9,13H,5,7-8H2,1H3. The maximum Gasteiger partial charge on any atom is 0.0811 e. The summed E-state index contributed by atoms with van der Waals surface area (Å²) in [6.45, 7) is 2.12.